The minimum absolute atomic E-state index is 0.782. The van der Waals surface area contributed by atoms with Gasteiger partial charge in [-0.05, 0) is 62.3 Å². The SMILES string of the molecule is CC(C)C1CN2CCCCC2CN1CC1(C2CC2)CC1. The van der Waals surface area contributed by atoms with Crippen molar-refractivity contribution in [1.82, 2.24) is 9.80 Å². The molecule has 0 bridgehead atoms. The highest BCUT2D eigenvalue weighted by Crippen LogP contribution is 2.61. The molecule has 0 aromatic carbocycles. The lowest BCUT2D eigenvalue weighted by Gasteiger charge is -2.50. The molecule has 2 atom stereocenters. The van der Waals surface area contributed by atoms with Gasteiger partial charge in [0.15, 0.2) is 0 Å². The van der Waals surface area contributed by atoms with Crippen LogP contribution in [0.2, 0.25) is 0 Å². The van der Waals surface area contributed by atoms with Crippen molar-refractivity contribution in [2.24, 2.45) is 17.3 Å². The van der Waals surface area contributed by atoms with Gasteiger partial charge in [0.25, 0.3) is 0 Å². The zero-order chi connectivity index (χ0) is 13.7. The summed E-state index contributed by atoms with van der Waals surface area (Å²) >= 11 is 0. The number of hydrogen-bond donors (Lipinski definition) is 0. The Hall–Kier alpha value is -0.0800. The van der Waals surface area contributed by atoms with Crippen LogP contribution in [-0.2, 0) is 0 Å². The third kappa shape index (κ3) is 2.43. The lowest BCUT2D eigenvalue weighted by Crippen LogP contribution is -2.61. The maximum absolute atomic E-state index is 2.93. The second-order valence-corrected chi connectivity index (χ2v) is 8.52. The topological polar surface area (TPSA) is 6.48 Å². The molecule has 2 aliphatic carbocycles. The van der Waals surface area contributed by atoms with Crippen LogP contribution in [0.5, 0.6) is 0 Å². The molecule has 0 amide bonds. The normalized spacial score (nSPS) is 38.0. The van der Waals surface area contributed by atoms with Gasteiger partial charge in [-0.25, -0.2) is 0 Å². The van der Waals surface area contributed by atoms with Gasteiger partial charge in [-0.2, -0.15) is 0 Å². The van der Waals surface area contributed by atoms with Crippen LogP contribution in [0.15, 0.2) is 0 Å². The van der Waals surface area contributed by atoms with Gasteiger partial charge in [-0.3, -0.25) is 9.80 Å². The van der Waals surface area contributed by atoms with Crippen molar-refractivity contribution in [3.05, 3.63) is 0 Å². The van der Waals surface area contributed by atoms with Crippen molar-refractivity contribution >= 4 is 0 Å². The number of fused-ring (bicyclic) bond motifs is 1. The first-order chi connectivity index (χ1) is 9.68. The molecule has 4 rings (SSSR count). The van der Waals surface area contributed by atoms with E-state index in [9.17, 15) is 0 Å². The average molecular weight is 276 g/mol. The third-order valence-electron chi connectivity index (χ3n) is 6.71. The molecule has 0 radical (unpaired) electrons. The van der Waals surface area contributed by atoms with E-state index in [4.69, 9.17) is 0 Å². The van der Waals surface area contributed by atoms with Crippen LogP contribution in [0.3, 0.4) is 0 Å². The number of hydrogen-bond acceptors (Lipinski definition) is 2. The van der Waals surface area contributed by atoms with E-state index < -0.39 is 0 Å². The minimum atomic E-state index is 0.782. The summed E-state index contributed by atoms with van der Waals surface area (Å²) in [7, 11) is 0. The van der Waals surface area contributed by atoms with Crippen molar-refractivity contribution in [1.29, 1.82) is 0 Å². The Morgan fingerprint density at radius 2 is 1.85 bits per heavy atom. The second kappa shape index (κ2) is 4.98. The van der Waals surface area contributed by atoms with E-state index in [1.807, 2.05) is 0 Å². The summed E-state index contributed by atoms with van der Waals surface area (Å²) in [6, 6.07) is 1.70. The van der Waals surface area contributed by atoms with Crippen LogP contribution in [0.25, 0.3) is 0 Å². The first kappa shape index (κ1) is 13.6. The molecule has 0 aromatic heterocycles. The summed E-state index contributed by atoms with van der Waals surface area (Å²) in [6.07, 6.45) is 10.5. The molecule has 4 aliphatic rings. The van der Waals surface area contributed by atoms with E-state index in [1.165, 1.54) is 71.1 Å². The summed E-state index contributed by atoms with van der Waals surface area (Å²) in [5, 5.41) is 0. The predicted octanol–water partition coefficient (Wildman–Crippen LogP) is 3.37. The summed E-state index contributed by atoms with van der Waals surface area (Å²) < 4.78 is 0. The Morgan fingerprint density at radius 3 is 2.50 bits per heavy atom. The van der Waals surface area contributed by atoms with Gasteiger partial charge in [0.2, 0.25) is 0 Å². The molecular weight excluding hydrogens is 244 g/mol. The van der Waals surface area contributed by atoms with E-state index in [-0.39, 0.29) is 0 Å². The molecule has 2 aliphatic heterocycles. The van der Waals surface area contributed by atoms with Gasteiger partial charge in [-0.1, -0.05) is 20.3 Å². The van der Waals surface area contributed by atoms with Crippen LogP contribution >= 0.6 is 0 Å². The summed E-state index contributed by atoms with van der Waals surface area (Å²) in [6.45, 7) is 10.4. The molecule has 114 valence electrons. The van der Waals surface area contributed by atoms with Crippen LogP contribution in [0.1, 0.15) is 58.8 Å². The van der Waals surface area contributed by atoms with E-state index in [2.05, 4.69) is 23.6 Å². The van der Waals surface area contributed by atoms with Crippen LogP contribution < -0.4 is 0 Å². The Morgan fingerprint density at radius 1 is 1.05 bits per heavy atom. The standard InChI is InChI=1S/C18H32N2/c1-14(2)17-12-19-10-4-3-5-16(19)11-20(17)13-18(8-9-18)15-6-7-15/h14-17H,3-13H2,1-2H3. The molecule has 0 N–H and O–H groups in total. The average Bonchev–Trinajstić information content (AvgIpc) is 3.30. The quantitative estimate of drug-likeness (QED) is 0.777. The Kier molecular flexibility index (Phi) is 3.38. The first-order valence-corrected chi connectivity index (χ1v) is 9.16. The highest BCUT2D eigenvalue weighted by molar-refractivity contribution is 5.07. The summed E-state index contributed by atoms with van der Waals surface area (Å²) in [5.41, 5.74) is 0.782. The van der Waals surface area contributed by atoms with E-state index in [0.29, 0.717) is 0 Å². The maximum Gasteiger partial charge on any atom is 0.0247 e. The molecule has 0 spiro atoms. The minimum Gasteiger partial charge on any atom is -0.298 e. The van der Waals surface area contributed by atoms with E-state index in [0.717, 1.165) is 29.3 Å². The summed E-state index contributed by atoms with van der Waals surface area (Å²) in [4.78, 5) is 5.75. The number of rotatable bonds is 4. The van der Waals surface area contributed by atoms with Gasteiger partial charge in [-0.15, -0.1) is 0 Å². The molecule has 2 saturated carbocycles. The Bertz CT molecular complexity index is 356. The highest BCUT2D eigenvalue weighted by Gasteiger charge is 2.55. The second-order valence-electron chi connectivity index (χ2n) is 8.52. The third-order valence-corrected chi connectivity index (χ3v) is 6.71. The van der Waals surface area contributed by atoms with E-state index >= 15 is 0 Å². The number of nitrogens with zero attached hydrogens (tertiary/aromatic N) is 2. The van der Waals surface area contributed by atoms with Crippen LogP contribution in [0.4, 0.5) is 0 Å². The first-order valence-electron chi connectivity index (χ1n) is 9.16. The van der Waals surface area contributed by atoms with Crippen LogP contribution in [-0.4, -0.2) is 48.1 Å². The molecule has 4 fully saturated rings. The predicted molar refractivity (Wildman–Crippen MR) is 83.8 cm³/mol. The van der Waals surface area contributed by atoms with Gasteiger partial charge in [0, 0.05) is 31.7 Å². The number of piperidine rings is 1. The van der Waals surface area contributed by atoms with Crippen LogP contribution in [0, 0.1) is 17.3 Å². The molecule has 2 nitrogen and oxygen atoms in total. The van der Waals surface area contributed by atoms with Gasteiger partial charge in [0.05, 0.1) is 0 Å². The highest BCUT2D eigenvalue weighted by atomic mass is 15.3. The Balaban J connectivity index is 1.47. The fourth-order valence-electron chi connectivity index (χ4n) is 5.04. The van der Waals surface area contributed by atoms with Crippen molar-refractivity contribution in [2.45, 2.75) is 70.9 Å². The maximum atomic E-state index is 2.93. The lowest BCUT2D eigenvalue weighted by molar-refractivity contribution is -0.0188. The molecule has 20 heavy (non-hydrogen) atoms. The monoisotopic (exact) mass is 276 g/mol. The Labute approximate surface area is 124 Å². The van der Waals surface area contributed by atoms with Crippen molar-refractivity contribution < 1.29 is 0 Å². The molecule has 2 saturated heterocycles. The number of piperazine rings is 1. The largest absolute Gasteiger partial charge is 0.298 e. The lowest BCUT2D eigenvalue weighted by atomic mass is 9.89. The molecule has 2 heteroatoms. The zero-order valence-electron chi connectivity index (χ0n) is 13.5. The molecule has 2 heterocycles. The van der Waals surface area contributed by atoms with E-state index in [1.54, 1.807) is 0 Å². The van der Waals surface area contributed by atoms with Crippen molar-refractivity contribution in [3.63, 3.8) is 0 Å². The van der Waals surface area contributed by atoms with Crippen molar-refractivity contribution in [2.75, 3.05) is 26.2 Å². The zero-order valence-corrected chi connectivity index (χ0v) is 13.5. The van der Waals surface area contributed by atoms with Gasteiger partial charge in [0.1, 0.15) is 0 Å². The summed E-state index contributed by atoms with van der Waals surface area (Å²) in [5.74, 6) is 1.92. The fraction of sp³-hybridized carbons (Fsp3) is 1.00. The van der Waals surface area contributed by atoms with Gasteiger partial charge >= 0.3 is 0 Å². The molecular formula is C18H32N2. The van der Waals surface area contributed by atoms with Gasteiger partial charge < -0.3 is 0 Å². The molecule has 0 aromatic rings. The van der Waals surface area contributed by atoms with Crippen molar-refractivity contribution in [3.8, 4) is 0 Å². The molecule has 2 unspecified atom stereocenters. The fourth-order valence-corrected chi connectivity index (χ4v) is 5.04. The smallest absolute Gasteiger partial charge is 0.0247 e.